The average Bonchev–Trinajstić information content (AvgIpc) is 3.55. The molecule has 3 aromatic carbocycles. The lowest BCUT2D eigenvalue weighted by molar-refractivity contribution is -0.380. The molecule has 0 amide bonds. The number of rotatable bonds is 4. The predicted molar refractivity (Wildman–Crippen MR) is 137 cm³/mol. The first kappa shape index (κ1) is 19.8. The Morgan fingerprint density at radius 1 is 0.818 bits per heavy atom. The van der Waals surface area contributed by atoms with Crippen LogP contribution in [0.3, 0.4) is 0 Å². The number of hydrogen-bond donors (Lipinski definition) is 0. The molecule has 6 aromatic rings. The first-order chi connectivity index (χ1) is 16.1. The summed E-state index contributed by atoms with van der Waals surface area (Å²) in [6, 6.07) is 28.3. The molecule has 0 aliphatic rings. The van der Waals surface area contributed by atoms with E-state index in [9.17, 15) is 10.1 Å². The van der Waals surface area contributed by atoms with E-state index >= 15 is 0 Å². The summed E-state index contributed by atoms with van der Waals surface area (Å²) >= 11 is 2.75. The molecule has 0 N–H and O–H groups in total. The van der Waals surface area contributed by atoms with Crippen molar-refractivity contribution >= 4 is 49.5 Å². The number of nitro groups is 1. The molecular weight excluding hydrogens is 450 g/mol. The monoisotopic (exact) mass is 467 g/mol. The fourth-order valence-corrected chi connectivity index (χ4v) is 6.20. The van der Waals surface area contributed by atoms with Gasteiger partial charge in [0.25, 0.3) is 0 Å². The molecule has 0 unspecified atom stereocenters. The Bertz CT molecular complexity index is 1610. The van der Waals surface area contributed by atoms with Gasteiger partial charge in [-0.25, -0.2) is 4.98 Å². The molecule has 0 bridgehead atoms. The minimum atomic E-state index is -0.339. The quantitative estimate of drug-likeness (QED) is 0.196. The van der Waals surface area contributed by atoms with Crippen molar-refractivity contribution in [2.45, 2.75) is 6.92 Å². The van der Waals surface area contributed by atoms with E-state index in [0.717, 1.165) is 37.2 Å². The number of fused-ring (bicyclic) bond motifs is 3. The second kappa shape index (κ2) is 7.65. The van der Waals surface area contributed by atoms with E-state index < -0.39 is 0 Å². The number of aromatic nitrogens is 2. The number of aryl methyl sites for hydroxylation is 1. The molecule has 0 aliphatic carbocycles. The zero-order valence-corrected chi connectivity index (χ0v) is 19.2. The molecule has 5 nitrogen and oxygen atoms in total. The Hall–Kier alpha value is -3.81. The molecule has 0 saturated carbocycles. The molecule has 0 saturated heterocycles. The second-order valence-electron chi connectivity index (χ2n) is 7.80. The van der Waals surface area contributed by atoms with Gasteiger partial charge in [0.15, 0.2) is 5.13 Å². The summed E-state index contributed by atoms with van der Waals surface area (Å²) in [5.41, 5.74) is 5.19. The average molecular weight is 468 g/mol. The Kier molecular flexibility index (Phi) is 4.60. The third-order valence-corrected chi connectivity index (χ3v) is 7.97. The van der Waals surface area contributed by atoms with E-state index in [4.69, 9.17) is 4.98 Å². The van der Waals surface area contributed by atoms with Gasteiger partial charge in [0, 0.05) is 22.4 Å². The highest BCUT2D eigenvalue weighted by Gasteiger charge is 2.22. The molecule has 0 atom stereocenters. The van der Waals surface area contributed by atoms with Crippen LogP contribution in [-0.2, 0) is 0 Å². The largest absolute Gasteiger partial charge is 0.324 e. The summed E-state index contributed by atoms with van der Waals surface area (Å²) < 4.78 is 2.19. The van der Waals surface area contributed by atoms with Crippen LogP contribution < -0.4 is 0 Å². The van der Waals surface area contributed by atoms with Gasteiger partial charge in [-0.1, -0.05) is 88.9 Å². The highest BCUT2D eigenvalue weighted by molar-refractivity contribution is 7.25. The fraction of sp³-hybridized carbons (Fsp3) is 0.0385. The van der Waals surface area contributed by atoms with Gasteiger partial charge in [0.05, 0.1) is 31.4 Å². The van der Waals surface area contributed by atoms with Crippen LogP contribution in [0.15, 0.2) is 84.9 Å². The molecule has 0 aliphatic heterocycles. The van der Waals surface area contributed by atoms with E-state index in [-0.39, 0.29) is 9.92 Å². The SMILES string of the molecule is Cc1ccc(-c2nc(-n3c4ccccc4c4ccccc43)sc2-c2ccc([N+](=O)[O-])s2)cc1. The molecule has 6 rings (SSSR count). The van der Waals surface area contributed by atoms with E-state index in [1.807, 2.05) is 18.2 Å². The molecule has 160 valence electrons. The van der Waals surface area contributed by atoms with Gasteiger partial charge in [-0.05, 0) is 25.1 Å². The summed E-state index contributed by atoms with van der Waals surface area (Å²) in [4.78, 5) is 17.9. The highest BCUT2D eigenvalue weighted by Crippen LogP contribution is 2.44. The normalized spacial score (nSPS) is 11.4. The van der Waals surface area contributed by atoms with Crippen molar-refractivity contribution in [1.29, 1.82) is 0 Å². The highest BCUT2D eigenvalue weighted by atomic mass is 32.1. The Morgan fingerprint density at radius 3 is 2.06 bits per heavy atom. The Balaban J connectivity index is 1.64. The lowest BCUT2D eigenvalue weighted by atomic mass is 10.1. The van der Waals surface area contributed by atoms with E-state index in [1.165, 1.54) is 27.7 Å². The summed E-state index contributed by atoms with van der Waals surface area (Å²) in [6.07, 6.45) is 0. The number of hydrogen-bond acceptors (Lipinski definition) is 5. The van der Waals surface area contributed by atoms with Crippen molar-refractivity contribution in [2.24, 2.45) is 0 Å². The fourth-order valence-electron chi connectivity index (χ4n) is 4.16. The molecule has 33 heavy (non-hydrogen) atoms. The van der Waals surface area contributed by atoms with Crippen molar-refractivity contribution in [3.8, 4) is 26.1 Å². The van der Waals surface area contributed by atoms with Crippen molar-refractivity contribution in [3.63, 3.8) is 0 Å². The molecule has 3 heterocycles. The van der Waals surface area contributed by atoms with Gasteiger partial charge >= 0.3 is 5.00 Å². The first-order valence-corrected chi connectivity index (χ1v) is 12.0. The molecular formula is C26H17N3O2S2. The second-order valence-corrected chi connectivity index (χ2v) is 9.84. The van der Waals surface area contributed by atoms with Gasteiger partial charge in [0.1, 0.15) is 0 Å². The van der Waals surface area contributed by atoms with Gasteiger partial charge < -0.3 is 0 Å². The van der Waals surface area contributed by atoms with Gasteiger partial charge in [0.2, 0.25) is 0 Å². The number of para-hydroxylation sites is 2. The molecule has 0 fully saturated rings. The number of benzene rings is 3. The van der Waals surface area contributed by atoms with Crippen LogP contribution >= 0.6 is 22.7 Å². The van der Waals surface area contributed by atoms with Gasteiger partial charge in [-0.15, -0.1) is 0 Å². The number of thiophene rings is 1. The van der Waals surface area contributed by atoms with Crippen LogP contribution in [0.1, 0.15) is 5.56 Å². The maximum atomic E-state index is 11.3. The zero-order valence-electron chi connectivity index (χ0n) is 17.6. The van der Waals surface area contributed by atoms with Crippen LogP contribution in [-0.4, -0.2) is 14.5 Å². The molecule has 7 heteroatoms. The van der Waals surface area contributed by atoms with E-state index in [1.54, 1.807) is 17.4 Å². The predicted octanol–water partition coefficient (Wildman–Crippen LogP) is 7.85. The van der Waals surface area contributed by atoms with Crippen LogP contribution in [0.2, 0.25) is 0 Å². The van der Waals surface area contributed by atoms with Crippen molar-refractivity contribution < 1.29 is 4.92 Å². The maximum absolute atomic E-state index is 11.3. The molecule has 0 spiro atoms. The van der Waals surface area contributed by atoms with E-state index in [0.29, 0.717) is 0 Å². The third-order valence-electron chi connectivity index (χ3n) is 5.71. The first-order valence-electron chi connectivity index (χ1n) is 10.4. The molecule has 3 aromatic heterocycles. The third kappa shape index (κ3) is 3.25. The smallest absolute Gasteiger partial charge is 0.285 e. The standard InChI is InChI=1S/C26H17N3O2S2/c1-16-10-12-17(13-11-16)24-25(22-14-15-23(32-22)29(30)31)33-26(27-24)28-20-8-4-2-6-18(20)19-7-3-5-9-21(19)28/h2-15H,1H3. The lowest BCUT2D eigenvalue weighted by Crippen LogP contribution is -1.92. The van der Waals surface area contributed by atoms with Gasteiger partial charge in [-0.3, -0.25) is 14.7 Å². The summed E-state index contributed by atoms with van der Waals surface area (Å²) in [6.45, 7) is 2.05. The topological polar surface area (TPSA) is 61.0 Å². The van der Waals surface area contributed by atoms with Crippen LogP contribution in [0.25, 0.3) is 47.9 Å². The summed E-state index contributed by atoms with van der Waals surface area (Å²) in [7, 11) is 0. The van der Waals surface area contributed by atoms with Crippen LogP contribution in [0.4, 0.5) is 5.00 Å². The van der Waals surface area contributed by atoms with Crippen LogP contribution in [0.5, 0.6) is 0 Å². The van der Waals surface area contributed by atoms with Crippen molar-refractivity contribution in [1.82, 2.24) is 9.55 Å². The maximum Gasteiger partial charge on any atom is 0.324 e. The summed E-state index contributed by atoms with van der Waals surface area (Å²) in [5, 5.41) is 14.6. The van der Waals surface area contributed by atoms with E-state index in [2.05, 4.69) is 72.2 Å². The lowest BCUT2D eigenvalue weighted by Gasteiger charge is -2.03. The minimum Gasteiger partial charge on any atom is -0.285 e. The Morgan fingerprint density at radius 2 is 1.45 bits per heavy atom. The Labute approximate surface area is 197 Å². The molecule has 0 radical (unpaired) electrons. The van der Waals surface area contributed by atoms with Gasteiger partial charge in [-0.2, -0.15) is 0 Å². The number of thiazole rings is 1. The number of nitrogens with zero attached hydrogens (tertiary/aromatic N) is 3. The minimum absolute atomic E-state index is 0.131. The zero-order chi connectivity index (χ0) is 22.5. The van der Waals surface area contributed by atoms with Crippen molar-refractivity contribution in [2.75, 3.05) is 0 Å². The van der Waals surface area contributed by atoms with Crippen LogP contribution in [0, 0.1) is 17.0 Å². The summed E-state index contributed by atoms with van der Waals surface area (Å²) in [5.74, 6) is 0. The van der Waals surface area contributed by atoms with Crippen molar-refractivity contribution in [3.05, 3.63) is 101 Å².